The molecule has 0 radical (unpaired) electrons. The third-order valence-corrected chi connectivity index (χ3v) is 2.15. The van der Waals surface area contributed by atoms with Crippen LogP contribution in [0.2, 0.25) is 0 Å². The predicted octanol–water partition coefficient (Wildman–Crippen LogP) is 1.38. The van der Waals surface area contributed by atoms with Crippen molar-refractivity contribution in [2.75, 3.05) is 0 Å². The first kappa shape index (κ1) is 6.53. The second-order valence-electron chi connectivity index (χ2n) is 2.92. The van der Waals surface area contributed by atoms with Gasteiger partial charge in [0.2, 0.25) is 0 Å². The fraction of sp³-hybridized carbons (Fsp3) is 0.333. The number of ketones is 1. The summed E-state index contributed by atoms with van der Waals surface area (Å²) in [6.07, 6.45) is 1.73. The van der Waals surface area contributed by atoms with Crippen LogP contribution in [0.25, 0.3) is 0 Å². The molecule has 0 spiro atoms. The molecule has 1 aromatic rings. The molecular formula is C9H9NO. The molecule has 2 unspecified atom stereocenters. The predicted molar refractivity (Wildman–Crippen MR) is 41.1 cm³/mol. The highest BCUT2D eigenvalue weighted by molar-refractivity contribution is 6.03. The molecule has 0 aromatic carbocycles. The Labute approximate surface area is 65.3 Å². The van der Waals surface area contributed by atoms with Crippen LogP contribution in [0.4, 0.5) is 0 Å². The third kappa shape index (κ3) is 0.946. The van der Waals surface area contributed by atoms with Gasteiger partial charge in [0.1, 0.15) is 5.78 Å². The van der Waals surface area contributed by atoms with Crippen LogP contribution in [-0.4, -0.2) is 10.8 Å². The number of carbonyl (C=O) groups is 1. The van der Waals surface area contributed by atoms with E-state index in [2.05, 4.69) is 4.98 Å². The summed E-state index contributed by atoms with van der Waals surface area (Å²) in [4.78, 5) is 15.1. The van der Waals surface area contributed by atoms with Crippen molar-refractivity contribution in [3.8, 4) is 0 Å². The molecule has 2 atom stereocenters. The maximum Gasteiger partial charge on any atom is 0.146 e. The normalized spacial score (nSPS) is 28.6. The first-order valence-corrected chi connectivity index (χ1v) is 3.75. The molecule has 1 aliphatic rings. The molecule has 1 heterocycles. The van der Waals surface area contributed by atoms with Gasteiger partial charge in [0.05, 0.1) is 11.6 Å². The highest BCUT2D eigenvalue weighted by atomic mass is 16.1. The lowest BCUT2D eigenvalue weighted by Crippen LogP contribution is -1.85. The molecule has 0 amide bonds. The van der Waals surface area contributed by atoms with Crippen LogP contribution in [0.1, 0.15) is 18.5 Å². The summed E-state index contributed by atoms with van der Waals surface area (Å²) < 4.78 is 0. The standard InChI is InChI=1S/C9H9NO/c1-6-8(9(6)11)7-4-2-3-5-10-7/h2-6,8H,1H3. The van der Waals surface area contributed by atoms with Crippen LogP contribution in [-0.2, 0) is 4.79 Å². The zero-order valence-corrected chi connectivity index (χ0v) is 6.32. The minimum Gasteiger partial charge on any atom is -0.299 e. The van der Waals surface area contributed by atoms with E-state index in [-0.39, 0.29) is 11.8 Å². The first-order valence-electron chi connectivity index (χ1n) is 3.75. The Bertz CT molecular complexity index is 281. The summed E-state index contributed by atoms with van der Waals surface area (Å²) >= 11 is 0. The van der Waals surface area contributed by atoms with Crippen LogP contribution in [0, 0.1) is 5.92 Å². The summed E-state index contributed by atoms with van der Waals surface area (Å²) in [5, 5.41) is 0. The van der Waals surface area contributed by atoms with E-state index in [1.165, 1.54) is 0 Å². The van der Waals surface area contributed by atoms with Crippen molar-refractivity contribution in [3.63, 3.8) is 0 Å². The van der Waals surface area contributed by atoms with Crippen molar-refractivity contribution < 1.29 is 4.79 Å². The van der Waals surface area contributed by atoms with E-state index in [9.17, 15) is 4.79 Å². The van der Waals surface area contributed by atoms with E-state index in [0.717, 1.165) is 5.69 Å². The smallest absolute Gasteiger partial charge is 0.146 e. The lowest BCUT2D eigenvalue weighted by Gasteiger charge is -1.91. The number of pyridine rings is 1. The van der Waals surface area contributed by atoms with Gasteiger partial charge in [-0.25, -0.2) is 0 Å². The summed E-state index contributed by atoms with van der Waals surface area (Å²) in [5.74, 6) is 0.616. The zero-order valence-electron chi connectivity index (χ0n) is 6.32. The quantitative estimate of drug-likeness (QED) is 0.600. The number of Topliss-reactive ketones (excluding diaryl/α,β-unsaturated/α-hetero) is 1. The van der Waals surface area contributed by atoms with E-state index in [4.69, 9.17) is 0 Å². The molecule has 0 bridgehead atoms. The van der Waals surface area contributed by atoms with Crippen LogP contribution in [0.15, 0.2) is 24.4 Å². The molecular weight excluding hydrogens is 138 g/mol. The van der Waals surface area contributed by atoms with Gasteiger partial charge in [0.15, 0.2) is 0 Å². The van der Waals surface area contributed by atoms with Gasteiger partial charge < -0.3 is 0 Å². The van der Waals surface area contributed by atoms with Crippen molar-refractivity contribution in [2.45, 2.75) is 12.8 Å². The van der Waals surface area contributed by atoms with E-state index in [1.54, 1.807) is 6.20 Å². The van der Waals surface area contributed by atoms with Gasteiger partial charge in [0.25, 0.3) is 0 Å². The maximum absolute atomic E-state index is 11.0. The van der Waals surface area contributed by atoms with Crippen LogP contribution in [0.3, 0.4) is 0 Å². The maximum atomic E-state index is 11.0. The van der Waals surface area contributed by atoms with Gasteiger partial charge in [-0.05, 0) is 12.1 Å². The molecule has 56 valence electrons. The topological polar surface area (TPSA) is 30.0 Å². The number of nitrogens with zero attached hydrogens (tertiary/aromatic N) is 1. The molecule has 0 N–H and O–H groups in total. The average molecular weight is 147 g/mol. The van der Waals surface area contributed by atoms with Gasteiger partial charge in [-0.1, -0.05) is 13.0 Å². The highest BCUT2D eigenvalue weighted by Crippen LogP contribution is 2.41. The molecule has 1 aromatic heterocycles. The van der Waals surface area contributed by atoms with Crippen molar-refractivity contribution in [1.29, 1.82) is 0 Å². The molecule has 2 rings (SSSR count). The van der Waals surface area contributed by atoms with Gasteiger partial charge in [-0.3, -0.25) is 9.78 Å². The Morgan fingerprint density at radius 1 is 1.45 bits per heavy atom. The Hall–Kier alpha value is -1.18. The van der Waals surface area contributed by atoms with Crippen molar-refractivity contribution in [1.82, 2.24) is 4.98 Å². The zero-order chi connectivity index (χ0) is 7.84. The lowest BCUT2D eigenvalue weighted by molar-refractivity contribution is -0.111. The molecule has 2 nitrogen and oxygen atoms in total. The molecule has 0 saturated heterocycles. The molecule has 2 heteroatoms. The lowest BCUT2D eigenvalue weighted by atomic mass is 10.2. The van der Waals surface area contributed by atoms with E-state index >= 15 is 0 Å². The van der Waals surface area contributed by atoms with Gasteiger partial charge in [-0.2, -0.15) is 0 Å². The van der Waals surface area contributed by atoms with Crippen molar-refractivity contribution in [2.24, 2.45) is 5.92 Å². The van der Waals surface area contributed by atoms with E-state index in [0.29, 0.717) is 5.78 Å². The van der Waals surface area contributed by atoms with Gasteiger partial charge in [0, 0.05) is 12.1 Å². The second kappa shape index (κ2) is 2.16. The second-order valence-corrected chi connectivity index (χ2v) is 2.92. The Morgan fingerprint density at radius 2 is 2.18 bits per heavy atom. The third-order valence-electron chi connectivity index (χ3n) is 2.15. The number of hydrogen-bond acceptors (Lipinski definition) is 2. The van der Waals surface area contributed by atoms with E-state index < -0.39 is 0 Å². The van der Waals surface area contributed by atoms with Crippen molar-refractivity contribution >= 4 is 5.78 Å². The largest absolute Gasteiger partial charge is 0.299 e. The van der Waals surface area contributed by atoms with Gasteiger partial charge >= 0.3 is 0 Å². The summed E-state index contributed by atoms with van der Waals surface area (Å²) in [6, 6.07) is 5.69. The molecule has 0 aliphatic heterocycles. The number of aromatic nitrogens is 1. The highest BCUT2D eigenvalue weighted by Gasteiger charge is 2.47. The Balaban J connectivity index is 2.27. The molecule has 1 saturated carbocycles. The fourth-order valence-corrected chi connectivity index (χ4v) is 1.33. The minimum atomic E-state index is 0.0937. The fourth-order valence-electron chi connectivity index (χ4n) is 1.33. The SMILES string of the molecule is CC1C(=O)C1c1ccccn1. The summed E-state index contributed by atoms with van der Waals surface area (Å²) in [5.41, 5.74) is 0.921. The van der Waals surface area contributed by atoms with E-state index in [1.807, 2.05) is 25.1 Å². The summed E-state index contributed by atoms with van der Waals surface area (Å²) in [7, 11) is 0. The Morgan fingerprint density at radius 3 is 2.64 bits per heavy atom. The number of carbonyl (C=O) groups excluding carboxylic acids is 1. The van der Waals surface area contributed by atoms with Crippen LogP contribution >= 0.6 is 0 Å². The number of hydrogen-bond donors (Lipinski definition) is 0. The van der Waals surface area contributed by atoms with Gasteiger partial charge in [-0.15, -0.1) is 0 Å². The summed E-state index contributed by atoms with van der Waals surface area (Å²) in [6.45, 7) is 1.95. The Kier molecular flexibility index (Phi) is 1.28. The number of rotatable bonds is 1. The van der Waals surface area contributed by atoms with Crippen molar-refractivity contribution in [3.05, 3.63) is 30.1 Å². The minimum absolute atomic E-state index is 0.0937. The first-order chi connectivity index (χ1) is 5.30. The molecule has 1 fully saturated rings. The average Bonchev–Trinajstić information content (AvgIpc) is 2.62. The molecule has 11 heavy (non-hydrogen) atoms. The van der Waals surface area contributed by atoms with Crippen LogP contribution < -0.4 is 0 Å². The van der Waals surface area contributed by atoms with Crippen LogP contribution in [0.5, 0.6) is 0 Å². The molecule has 1 aliphatic carbocycles. The monoisotopic (exact) mass is 147 g/mol.